The van der Waals surface area contributed by atoms with Crippen LogP contribution in [0.25, 0.3) is 0 Å². The molecule has 1 aliphatic rings. The lowest BCUT2D eigenvalue weighted by Gasteiger charge is -2.38. The molecule has 1 aliphatic heterocycles. The van der Waals surface area contributed by atoms with Crippen molar-refractivity contribution in [2.24, 2.45) is 0 Å². The van der Waals surface area contributed by atoms with E-state index < -0.39 is 5.60 Å². The third-order valence-electron chi connectivity index (χ3n) is 5.86. The Kier molecular flexibility index (Phi) is 6.85. The third kappa shape index (κ3) is 6.29. The highest BCUT2D eigenvalue weighted by Crippen LogP contribution is 2.26. The summed E-state index contributed by atoms with van der Waals surface area (Å²) in [6.07, 6.45) is 4.13. The van der Waals surface area contributed by atoms with Crippen LogP contribution >= 0.6 is 0 Å². The van der Waals surface area contributed by atoms with E-state index >= 15 is 0 Å². The van der Waals surface area contributed by atoms with E-state index in [1.165, 1.54) is 5.56 Å². The summed E-state index contributed by atoms with van der Waals surface area (Å²) in [6, 6.07) is 22.3. The van der Waals surface area contributed by atoms with Crippen molar-refractivity contribution < 1.29 is 9.84 Å². The second-order valence-electron chi connectivity index (χ2n) is 8.42. The fourth-order valence-electron chi connectivity index (χ4n) is 4.09. The number of likely N-dealkylation sites (tertiary alicyclic amines) is 1. The van der Waals surface area contributed by atoms with Crippen molar-refractivity contribution in [2.45, 2.75) is 31.8 Å². The molecule has 31 heavy (non-hydrogen) atoms. The average molecular weight is 418 g/mol. The van der Waals surface area contributed by atoms with Gasteiger partial charge in [0.2, 0.25) is 0 Å². The van der Waals surface area contributed by atoms with Gasteiger partial charge in [-0.3, -0.25) is 9.88 Å². The lowest BCUT2D eigenvalue weighted by atomic mass is 9.85. The second-order valence-corrected chi connectivity index (χ2v) is 8.42. The van der Waals surface area contributed by atoms with Crippen LogP contribution in [0.3, 0.4) is 0 Å². The summed E-state index contributed by atoms with van der Waals surface area (Å²) < 4.78 is 6.00. The molecule has 1 fully saturated rings. The second kappa shape index (κ2) is 9.94. The lowest BCUT2D eigenvalue weighted by molar-refractivity contribution is -0.0226. The molecule has 1 aromatic heterocycles. The number of piperidine rings is 1. The van der Waals surface area contributed by atoms with Gasteiger partial charge in [0.15, 0.2) is 0 Å². The molecule has 0 amide bonds. The number of aliphatic hydroxyl groups is 1. The van der Waals surface area contributed by atoms with Gasteiger partial charge in [-0.2, -0.15) is 0 Å². The number of rotatable bonds is 8. The first-order valence-corrected chi connectivity index (χ1v) is 11.0. The fourth-order valence-corrected chi connectivity index (χ4v) is 4.09. The molecule has 0 aliphatic carbocycles. The molecule has 5 heteroatoms. The molecule has 0 unspecified atom stereocenters. The van der Waals surface area contributed by atoms with Crippen LogP contribution in [0, 0.1) is 6.92 Å². The maximum Gasteiger partial charge on any atom is 0.121 e. The van der Waals surface area contributed by atoms with Gasteiger partial charge in [-0.1, -0.05) is 36.4 Å². The summed E-state index contributed by atoms with van der Waals surface area (Å²) in [4.78, 5) is 6.60. The van der Waals surface area contributed by atoms with E-state index in [2.05, 4.69) is 27.3 Å². The van der Waals surface area contributed by atoms with Gasteiger partial charge >= 0.3 is 0 Å². The van der Waals surface area contributed by atoms with Gasteiger partial charge < -0.3 is 15.2 Å². The van der Waals surface area contributed by atoms with E-state index in [-0.39, 0.29) is 0 Å². The molecule has 2 heterocycles. The molecule has 0 spiro atoms. The highest BCUT2D eigenvalue weighted by Gasteiger charge is 2.32. The van der Waals surface area contributed by atoms with Crippen LogP contribution in [0.2, 0.25) is 0 Å². The Bertz CT molecular complexity index is 969. The molecule has 2 N–H and O–H groups in total. The third-order valence-corrected chi connectivity index (χ3v) is 5.86. The topological polar surface area (TPSA) is 57.6 Å². The quantitative estimate of drug-likeness (QED) is 0.562. The van der Waals surface area contributed by atoms with E-state index in [1.807, 2.05) is 61.5 Å². The predicted octanol–water partition coefficient (Wildman–Crippen LogP) is 4.58. The maximum absolute atomic E-state index is 10.9. The standard InChI is InChI=1S/C26H31N3O2/c1-21-18-24(10-13-27-21)28-23-8-5-9-25(19-23)31-17-16-29-14-11-26(30,12-15-29)20-22-6-3-2-4-7-22/h2-10,13,18-19,30H,11-12,14-17,20H2,1H3,(H,27,28). The minimum atomic E-state index is -0.593. The Hall–Kier alpha value is -2.89. The zero-order valence-corrected chi connectivity index (χ0v) is 18.1. The number of nitrogens with zero attached hydrogens (tertiary/aromatic N) is 2. The minimum Gasteiger partial charge on any atom is -0.492 e. The smallest absolute Gasteiger partial charge is 0.121 e. The molecule has 5 nitrogen and oxygen atoms in total. The fraction of sp³-hybridized carbons (Fsp3) is 0.346. The molecule has 162 valence electrons. The van der Waals surface area contributed by atoms with Crippen LogP contribution in [-0.4, -0.2) is 46.8 Å². The Morgan fingerprint density at radius 3 is 2.55 bits per heavy atom. The Morgan fingerprint density at radius 2 is 1.77 bits per heavy atom. The Morgan fingerprint density at radius 1 is 1.00 bits per heavy atom. The number of aromatic nitrogens is 1. The summed E-state index contributed by atoms with van der Waals surface area (Å²) >= 11 is 0. The van der Waals surface area contributed by atoms with Gasteiger partial charge in [-0.25, -0.2) is 0 Å². The molecule has 1 saturated heterocycles. The van der Waals surface area contributed by atoms with Gasteiger partial charge in [-0.15, -0.1) is 0 Å². The zero-order chi connectivity index (χ0) is 21.5. The summed E-state index contributed by atoms with van der Waals surface area (Å²) in [5.74, 6) is 0.855. The molecule has 0 atom stereocenters. The van der Waals surface area contributed by atoms with Crippen molar-refractivity contribution in [2.75, 3.05) is 31.6 Å². The van der Waals surface area contributed by atoms with Gasteiger partial charge in [0.25, 0.3) is 0 Å². The highest BCUT2D eigenvalue weighted by atomic mass is 16.5. The minimum absolute atomic E-state index is 0.593. The Balaban J connectivity index is 1.22. The van der Waals surface area contributed by atoms with Crippen molar-refractivity contribution in [3.63, 3.8) is 0 Å². The molecule has 3 aromatic rings. The van der Waals surface area contributed by atoms with Crippen molar-refractivity contribution in [1.82, 2.24) is 9.88 Å². The molecular weight excluding hydrogens is 386 g/mol. The van der Waals surface area contributed by atoms with Crippen molar-refractivity contribution in [3.8, 4) is 5.75 Å². The first-order valence-electron chi connectivity index (χ1n) is 11.0. The summed E-state index contributed by atoms with van der Waals surface area (Å²) in [6.45, 7) is 5.27. The van der Waals surface area contributed by atoms with E-state index in [1.54, 1.807) is 6.20 Å². The monoisotopic (exact) mass is 417 g/mol. The SMILES string of the molecule is Cc1cc(Nc2cccc(OCCN3CCC(O)(Cc4ccccc4)CC3)c2)ccn1. The normalized spacial score (nSPS) is 16.1. The van der Waals surface area contributed by atoms with Gasteiger partial charge in [0.05, 0.1) is 5.60 Å². The van der Waals surface area contributed by atoms with E-state index in [0.717, 1.165) is 61.7 Å². The number of pyridine rings is 1. The molecule has 2 aromatic carbocycles. The van der Waals surface area contributed by atoms with E-state index in [4.69, 9.17) is 4.74 Å². The molecule has 0 saturated carbocycles. The van der Waals surface area contributed by atoms with Crippen molar-refractivity contribution in [1.29, 1.82) is 0 Å². The number of aryl methyl sites for hydroxylation is 1. The zero-order valence-electron chi connectivity index (χ0n) is 18.1. The van der Waals surface area contributed by atoms with Gasteiger partial charge in [0.1, 0.15) is 12.4 Å². The number of benzene rings is 2. The number of hydrogen-bond donors (Lipinski definition) is 2. The number of ether oxygens (including phenoxy) is 1. The number of anilines is 2. The predicted molar refractivity (Wildman–Crippen MR) is 125 cm³/mol. The molecule has 4 rings (SSSR count). The maximum atomic E-state index is 10.9. The summed E-state index contributed by atoms with van der Waals surface area (Å²) in [5.41, 5.74) is 3.60. The average Bonchev–Trinajstić information content (AvgIpc) is 2.76. The highest BCUT2D eigenvalue weighted by molar-refractivity contribution is 5.61. The van der Waals surface area contributed by atoms with Crippen molar-refractivity contribution >= 4 is 11.4 Å². The van der Waals surface area contributed by atoms with Gasteiger partial charge in [0, 0.05) is 55.4 Å². The van der Waals surface area contributed by atoms with E-state index in [9.17, 15) is 5.11 Å². The van der Waals surface area contributed by atoms with Crippen LogP contribution in [0.15, 0.2) is 72.9 Å². The molecular formula is C26H31N3O2. The first kappa shape index (κ1) is 21.3. The summed E-state index contributed by atoms with van der Waals surface area (Å²) in [7, 11) is 0. The largest absolute Gasteiger partial charge is 0.492 e. The van der Waals surface area contributed by atoms with Crippen LogP contribution < -0.4 is 10.1 Å². The number of nitrogens with one attached hydrogen (secondary N) is 1. The van der Waals surface area contributed by atoms with Crippen LogP contribution in [0.4, 0.5) is 11.4 Å². The summed E-state index contributed by atoms with van der Waals surface area (Å²) in [5, 5.41) is 14.3. The first-order chi connectivity index (χ1) is 15.1. The lowest BCUT2D eigenvalue weighted by Crippen LogP contribution is -2.46. The molecule has 0 bridgehead atoms. The molecule has 0 radical (unpaired) electrons. The van der Waals surface area contributed by atoms with Crippen LogP contribution in [0.1, 0.15) is 24.1 Å². The Labute approximate surface area is 184 Å². The van der Waals surface area contributed by atoms with Crippen molar-refractivity contribution in [3.05, 3.63) is 84.2 Å². The number of hydrogen-bond acceptors (Lipinski definition) is 5. The van der Waals surface area contributed by atoms with E-state index in [0.29, 0.717) is 6.61 Å². The van der Waals surface area contributed by atoms with Gasteiger partial charge in [-0.05, 0) is 49.6 Å². The van der Waals surface area contributed by atoms with Crippen LogP contribution in [0.5, 0.6) is 5.75 Å². The van der Waals surface area contributed by atoms with Crippen LogP contribution in [-0.2, 0) is 6.42 Å².